The molecule has 0 aromatic heterocycles. The number of rotatable bonds is 3. The number of carbonyl (C=O) groups excluding carboxylic acids is 1. The van der Waals surface area contributed by atoms with Gasteiger partial charge in [-0.15, -0.1) is 0 Å². The number of aliphatic hydroxyl groups excluding tert-OH is 2. The van der Waals surface area contributed by atoms with Gasteiger partial charge in [0.1, 0.15) is 17.9 Å². The maximum atomic E-state index is 10.6. The van der Waals surface area contributed by atoms with Crippen LogP contribution in [0.2, 0.25) is 0 Å². The monoisotopic (exact) mass is 222 g/mol. The van der Waals surface area contributed by atoms with Crippen LogP contribution in [0.5, 0.6) is 5.75 Å². The highest BCUT2D eigenvalue weighted by Gasteiger charge is 2.23. The van der Waals surface area contributed by atoms with Crippen LogP contribution in [0, 0.1) is 11.3 Å². The molecule has 0 heterocycles. The van der Waals surface area contributed by atoms with Crippen molar-refractivity contribution in [2.75, 3.05) is 0 Å². The van der Waals surface area contributed by atoms with E-state index < -0.39 is 18.1 Å². The van der Waals surface area contributed by atoms with Gasteiger partial charge in [-0.2, -0.15) is 5.26 Å². The summed E-state index contributed by atoms with van der Waals surface area (Å²) in [7, 11) is 0. The Morgan fingerprint density at radius 1 is 1.44 bits per heavy atom. The molecule has 0 aliphatic rings. The Bertz CT molecular complexity index is 453. The lowest BCUT2D eigenvalue weighted by molar-refractivity contribution is -0.131. The lowest BCUT2D eigenvalue weighted by Gasteiger charge is -2.15. The van der Waals surface area contributed by atoms with Crippen LogP contribution in [0.15, 0.2) is 18.2 Å². The van der Waals surface area contributed by atoms with E-state index in [0.717, 1.165) is 0 Å². The van der Waals surface area contributed by atoms with Gasteiger partial charge in [-0.05, 0) is 17.7 Å². The molecule has 6 nitrogen and oxygen atoms in total. The van der Waals surface area contributed by atoms with E-state index in [1.165, 1.54) is 18.2 Å². The van der Waals surface area contributed by atoms with Gasteiger partial charge in [0, 0.05) is 0 Å². The lowest BCUT2D eigenvalue weighted by Crippen LogP contribution is -2.33. The SMILES string of the molecule is N#Cc1cc(C(O)C(O)C(N)=O)ccc1O. The van der Waals surface area contributed by atoms with Crippen LogP contribution >= 0.6 is 0 Å². The molecule has 2 atom stereocenters. The molecule has 0 fully saturated rings. The normalized spacial score (nSPS) is 13.8. The summed E-state index contributed by atoms with van der Waals surface area (Å²) < 4.78 is 0. The average molecular weight is 222 g/mol. The molecular formula is C10H10N2O4. The minimum absolute atomic E-state index is 0.0618. The van der Waals surface area contributed by atoms with E-state index in [4.69, 9.17) is 11.0 Å². The third kappa shape index (κ3) is 2.28. The van der Waals surface area contributed by atoms with Crippen molar-refractivity contribution in [2.45, 2.75) is 12.2 Å². The number of aromatic hydroxyl groups is 1. The van der Waals surface area contributed by atoms with E-state index in [1.54, 1.807) is 6.07 Å². The van der Waals surface area contributed by atoms with Gasteiger partial charge < -0.3 is 21.1 Å². The number of hydrogen-bond acceptors (Lipinski definition) is 5. The molecule has 0 spiro atoms. The van der Waals surface area contributed by atoms with E-state index in [2.05, 4.69) is 0 Å². The molecule has 1 aromatic carbocycles. The van der Waals surface area contributed by atoms with E-state index in [1.807, 2.05) is 0 Å². The molecule has 1 rings (SSSR count). The maximum Gasteiger partial charge on any atom is 0.249 e. The first-order valence-electron chi connectivity index (χ1n) is 4.36. The van der Waals surface area contributed by atoms with Gasteiger partial charge in [-0.3, -0.25) is 4.79 Å². The highest BCUT2D eigenvalue weighted by Crippen LogP contribution is 2.23. The Hall–Kier alpha value is -2.10. The number of carbonyl (C=O) groups is 1. The molecular weight excluding hydrogens is 212 g/mol. The molecule has 84 valence electrons. The molecule has 0 saturated heterocycles. The van der Waals surface area contributed by atoms with Gasteiger partial charge >= 0.3 is 0 Å². The zero-order chi connectivity index (χ0) is 12.3. The fraction of sp³-hybridized carbons (Fsp3) is 0.200. The summed E-state index contributed by atoms with van der Waals surface area (Å²) >= 11 is 0. The second kappa shape index (κ2) is 4.61. The fourth-order valence-electron chi connectivity index (χ4n) is 1.17. The second-order valence-corrected chi connectivity index (χ2v) is 3.18. The molecule has 16 heavy (non-hydrogen) atoms. The third-order valence-electron chi connectivity index (χ3n) is 2.07. The van der Waals surface area contributed by atoms with E-state index >= 15 is 0 Å². The highest BCUT2D eigenvalue weighted by atomic mass is 16.3. The fourth-order valence-corrected chi connectivity index (χ4v) is 1.17. The van der Waals surface area contributed by atoms with E-state index in [0.29, 0.717) is 0 Å². The number of amides is 1. The minimum atomic E-state index is -1.75. The molecule has 0 bridgehead atoms. The molecule has 0 saturated carbocycles. The van der Waals surface area contributed by atoms with E-state index in [9.17, 15) is 20.1 Å². The Labute approximate surface area is 91.2 Å². The largest absolute Gasteiger partial charge is 0.507 e. The average Bonchev–Trinajstić information content (AvgIpc) is 2.27. The molecule has 0 aliphatic heterocycles. The van der Waals surface area contributed by atoms with Crippen LogP contribution in [-0.4, -0.2) is 27.3 Å². The first-order valence-corrected chi connectivity index (χ1v) is 4.36. The van der Waals surface area contributed by atoms with Crippen LogP contribution in [0.25, 0.3) is 0 Å². The molecule has 5 N–H and O–H groups in total. The van der Waals surface area contributed by atoms with Crippen LogP contribution in [0.4, 0.5) is 0 Å². The van der Waals surface area contributed by atoms with Crippen molar-refractivity contribution >= 4 is 5.91 Å². The van der Waals surface area contributed by atoms with Crippen molar-refractivity contribution in [3.8, 4) is 11.8 Å². The van der Waals surface area contributed by atoms with Gasteiger partial charge in [0.15, 0.2) is 6.10 Å². The van der Waals surface area contributed by atoms with Gasteiger partial charge in [0.25, 0.3) is 0 Å². The highest BCUT2D eigenvalue weighted by molar-refractivity contribution is 5.79. The standard InChI is InChI=1S/C10H10N2O4/c11-4-6-3-5(1-2-7(6)13)8(14)9(15)10(12)16/h1-3,8-9,13-15H,(H2,12,16). The molecule has 0 aliphatic carbocycles. The smallest absolute Gasteiger partial charge is 0.249 e. The topological polar surface area (TPSA) is 128 Å². The van der Waals surface area contributed by atoms with Crippen molar-refractivity contribution in [3.63, 3.8) is 0 Å². The zero-order valence-electron chi connectivity index (χ0n) is 8.16. The van der Waals surface area contributed by atoms with Crippen LogP contribution in [0.3, 0.4) is 0 Å². The maximum absolute atomic E-state index is 10.6. The summed E-state index contributed by atoms with van der Waals surface area (Å²) in [6.07, 6.45) is -3.28. The first kappa shape index (κ1) is 12.0. The van der Waals surface area contributed by atoms with Crippen LogP contribution < -0.4 is 5.73 Å². The second-order valence-electron chi connectivity index (χ2n) is 3.18. The number of phenols is 1. The van der Waals surface area contributed by atoms with E-state index in [-0.39, 0.29) is 16.9 Å². The summed E-state index contributed by atoms with van der Waals surface area (Å²) in [5, 5.41) is 36.6. The van der Waals surface area contributed by atoms with Crippen LogP contribution in [0.1, 0.15) is 17.2 Å². The summed E-state index contributed by atoms with van der Waals surface area (Å²) in [6, 6.07) is 5.34. The Kier molecular flexibility index (Phi) is 3.45. The molecule has 1 aromatic rings. The number of nitrogens with two attached hydrogens (primary N) is 1. The Morgan fingerprint density at radius 3 is 2.56 bits per heavy atom. The summed E-state index contributed by atoms with van der Waals surface area (Å²) in [5.41, 5.74) is 4.88. The predicted molar refractivity (Wildman–Crippen MR) is 53.0 cm³/mol. The van der Waals surface area contributed by atoms with Crippen molar-refractivity contribution in [1.82, 2.24) is 0 Å². The molecule has 2 unspecified atom stereocenters. The zero-order valence-corrected chi connectivity index (χ0v) is 8.16. The number of phenolic OH excluding ortho intramolecular Hbond substituents is 1. The van der Waals surface area contributed by atoms with Gasteiger partial charge in [0.05, 0.1) is 5.56 Å². The summed E-state index contributed by atoms with van der Waals surface area (Å²) in [5.74, 6) is -1.31. The summed E-state index contributed by atoms with van der Waals surface area (Å²) in [6.45, 7) is 0. The van der Waals surface area contributed by atoms with Crippen LogP contribution in [-0.2, 0) is 4.79 Å². The molecule has 1 amide bonds. The quantitative estimate of drug-likeness (QED) is 0.529. The van der Waals surface area contributed by atoms with Gasteiger partial charge in [0.2, 0.25) is 5.91 Å². The summed E-state index contributed by atoms with van der Waals surface area (Å²) in [4.78, 5) is 10.6. The predicted octanol–water partition coefficient (Wildman–Crippen LogP) is -0.857. The molecule has 6 heteroatoms. The number of aliphatic hydroxyl groups is 2. The molecule has 0 radical (unpaired) electrons. The van der Waals surface area contributed by atoms with Crippen molar-refractivity contribution in [1.29, 1.82) is 5.26 Å². The van der Waals surface area contributed by atoms with Crippen molar-refractivity contribution < 1.29 is 20.1 Å². The minimum Gasteiger partial charge on any atom is -0.507 e. The number of hydrogen-bond donors (Lipinski definition) is 4. The number of nitriles is 1. The number of benzene rings is 1. The number of nitrogens with zero attached hydrogens (tertiary/aromatic N) is 1. The van der Waals surface area contributed by atoms with Crippen molar-refractivity contribution in [2.24, 2.45) is 5.73 Å². The third-order valence-corrected chi connectivity index (χ3v) is 2.07. The van der Waals surface area contributed by atoms with Gasteiger partial charge in [-0.1, -0.05) is 6.07 Å². The van der Waals surface area contributed by atoms with Gasteiger partial charge in [-0.25, -0.2) is 0 Å². The van der Waals surface area contributed by atoms with Crippen molar-refractivity contribution in [3.05, 3.63) is 29.3 Å². The Morgan fingerprint density at radius 2 is 2.06 bits per heavy atom. The lowest BCUT2D eigenvalue weighted by atomic mass is 10.0. The first-order chi connectivity index (χ1) is 7.47. The number of primary amides is 1. The Balaban J connectivity index is 3.06.